The zero-order chi connectivity index (χ0) is 23.3. The van der Waals surface area contributed by atoms with Crippen molar-refractivity contribution in [3.63, 3.8) is 0 Å². The van der Waals surface area contributed by atoms with Gasteiger partial charge in [0.25, 0.3) is 11.8 Å². The number of benzene rings is 1. The third kappa shape index (κ3) is 4.33. The van der Waals surface area contributed by atoms with Gasteiger partial charge >= 0.3 is 0 Å². The van der Waals surface area contributed by atoms with E-state index in [2.05, 4.69) is 20.5 Å². The fourth-order valence-electron chi connectivity index (χ4n) is 5.37. The van der Waals surface area contributed by atoms with Crippen LogP contribution in [0.25, 0.3) is 0 Å². The number of halogens is 1. The first kappa shape index (κ1) is 21.7. The van der Waals surface area contributed by atoms with E-state index in [1.54, 1.807) is 18.3 Å². The summed E-state index contributed by atoms with van der Waals surface area (Å²) in [5.74, 6) is 1.54. The summed E-state index contributed by atoms with van der Waals surface area (Å²) in [6.07, 6.45) is 9.27. The summed E-state index contributed by atoms with van der Waals surface area (Å²) in [5, 5.41) is 6.94. The summed E-state index contributed by atoms with van der Waals surface area (Å²) in [7, 11) is 0. The molecule has 4 aliphatic rings. The predicted molar refractivity (Wildman–Crippen MR) is 129 cm³/mol. The molecule has 3 atom stereocenters. The third-order valence-corrected chi connectivity index (χ3v) is 7.75. The Bertz CT molecular complexity index is 1070. The van der Waals surface area contributed by atoms with Crippen molar-refractivity contribution in [3.05, 3.63) is 53.2 Å². The van der Waals surface area contributed by atoms with Crippen LogP contribution in [0.2, 0.25) is 5.02 Å². The van der Waals surface area contributed by atoms with Crippen LogP contribution in [0.4, 0.5) is 5.82 Å². The number of piperidine rings is 1. The van der Waals surface area contributed by atoms with Crippen molar-refractivity contribution in [2.45, 2.75) is 81.1 Å². The lowest BCUT2D eigenvalue weighted by molar-refractivity contribution is -0.130. The number of ether oxygens (including phenoxy) is 1. The molecule has 2 saturated heterocycles. The first-order chi connectivity index (χ1) is 16.5. The molecule has 6 rings (SSSR count). The summed E-state index contributed by atoms with van der Waals surface area (Å²) in [6.45, 7) is 0. The van der Waals surface area contributed by atoms with Crippen molar-refractivity contribution in [1.82, 2.24) is 15.6 Å². The third-order valence-electron chi connectivity index (χ3n) is 7.50. The van der Waals surface area contributed by atoms with Gasteiger partial charge in [-0.05, 0) is 74.9 Å². The fourth-order valence-corrected chi connectivity index (χ4v) is 5.50. The number of nitrogens with zero attached hydrogens (tertiary/aromatic N) is 2. The van der Waals surface area contributed by atoms with Gasteiger partial charge in [-0.2, -0.15) is 0 Å². The lowest BCUT2D eigenvalue weighted by atomic mass is 9.96. The largest absolute Gasteiger partial charge is 0.477 e. The molecule has 2 N–H and O–H groups in total. The highest BCUT2D eigenvalue weighted by molar-refractivity contribution is 6.30. The van der Waals surface area contributed by atoms with Crippen molar-refractivity contribution in [2.75, 3.05) is 4.90 Å². The number of hydrogen-bond acceptors (Lipinski definition) is 5. The Morgan fingerprint density at radius 3 is 2.24 bits per heavy atom. The van der Waals surface area contributed by atoms with E-state index in [0.29, 0.717) is 34.5 Å². The fraction of sp³-hybridized carbons (Fsp3) is 0.500. The Kier molecular flexibility index (Phi) is 5.40. The molecule has 8 heteroatoms. The van der Waals surface area contributed by atoms with Gasteiger partial charge in [0.15, 0.2) is 5.60 Å². The maximum Gasteiger partial charge on any atom is 0.264 e. The molecular weight excluding hydrogens is 452 g/mol. The Hall–Kier alpha value is -2.80. The summed E-state index contributed by atoms with van der Waals surface area (Å²) < 4.78 is 6.07. The van der Waals surface area contributed by atoms with Crippen LogP contribution in [0.5, 0.6) is 5.75 Å². The van der Waals surface area contributed by atoms with Gasteiger partial charge in [-0.25, -0.2) is 4.98 Å². The van der Waals surface area contributed by atoms with E-state index in [0.717, 1.165) is 57.2 Å². The van der Waals surface area contributed by atoms with Crippen LogP contribution in [0, 0.1) is 0 Å². The molecule has 2 aliphatic carbocycles. The highest BCUT2D eigenvalue weighted by Gasteiger charge is 2.54. The van der Waals surface area contributed by atoms with E-state index in [1.165, 1.54) is 0 Å². The Morgan fingerprint density at radius 2 is 1.65 bits per heavy atom. The number of hydrogen-bond donors (Lipinski definition) is 2. The second-order valence-electron chi connectivity index (χ2n) is 10.1. The van der Waals surface area contributed by atoms with Crippen LogP contribution < -0.4 is 20.3 Å². The van der Waals surface area contributed by atoms with Crippen LogP contribution in [0.15, 0.2) is 42.6 Å². The molecule has 0 unspecified atom stereocenters. The number of rotatable bonds is 7. The first-order valence-corrected chi connectivity index (χ1v) is 12.7. The van der Waals surface area contributed by atoms with E-state index >= 15 is 0 Å². The molecule has 0 spiro atoms. The zero-order valence-electron chi connectivity index (χ0n) is 19.0. The maximum atomic E-state index is 13.1. The van der Waals surface area contributed by atoms with Gasteiger partial charge in [-0.3, -0.25) is 9.59 Å². The predicted octanol–water partition coefficient (Wildman–Crippen LogP) is 3.85. The van der Waals surface area contributed by atoms with Gasteiger partial charge in [0.05, 0.1) is 5.56 Å². The Labute approximate surface area is 204 Å². The molecule has 7 nitrogen and oxygen atoms in total. The number of carbonyl (C=O) groups excluding carboxylic acids is 2. The minimum absolute atomic E-state index is 0.00977. The van der Waals surface area contributed by atoms with Crippen molar-refractivity contribution < 1.29 is 14.3 Å². The number of pyridine rings is 1. The molecule has 178 valence electrons. The smallest absolute Gasteiger partial charge is 0.264 e. The van der Waals surface area contributed by atoms with Crippen LogP contribution in [-0.2, 0) is 4.79 Å². The molecular formula is C26H29ClN4O3. The van der Waals surface area contributed by atoms with Crippen LogP contribution in [0.1, 0.15) is 61.7 Å². The molecule has 1 aromatic heterocycles. The zero-order valence-corrected chi connectivity index (χ0v) is 19.8. The summed E-state index contributed by atoms with van der Waals surface area (Å²) in [4.78, 5) is 32.4. The first-order valence-electron chi connectivity index (χ1n) is 12.3. The molecule has 3 heterocycles. The minimum Gasteiger partial charge on any atom is -0.477 e. The van der Waals surface area contributed by atoms with Gasteiger partial charge in [0.2, 0.25) is 0 Å². The van der Waals surface area contributed by atoms with Gasteiger partial charge < -0.3 is 20.3 Å². The lowest BCUT2D eigenvalue weighted by Gasteiger charge is -2.40. The highest BCUT2D eigenvalue weighted by Crippen LogP contribution is 2.42. The minimum atomic E-state index is -0.748. The van der Waals surface area contributed by atoms with E-state index in [1.807, 2.05) is 24.3 Å². The maximum absolute atomic E-state index is 13.1. The Balaban J connectivity index is 1.07. The lowest BCUT2D eigenvalue weighted by Crippen LogP contribution is -2.53. The van der Waals surface area contributed by atoms with E-state index in [4.69, 9.17) is 16.3 Å². The average molecular weight is 481 g/mol. The highest BCUT2D eigenvalue weighted by atomic mass is 35.5. The van der Waals surface area contributed by atoms with Gasteiger partial charge in [-0.1, -0.05) is 11.6 Å². The monoisotopic (exact) mass is 480 g/mol. The van der Waals surface area contributed by atoms with Crippen LogP contribution in [0.3, 0.4) is 0 Å². The number of anilines is 1. The summed E-state index contributed by atoms with van der Waals surface area (Å²) >= 11 is 5.96. The van der Waals surface area contributed by atoms with E-state index < -0.39 is 5.60 Å². The van der Waals surface area contributed by atoms with Gasteiger partial charge in [-0.15, -0.1) is 0 Å². The molecule has 2 amide bonds. The van der Waals surface area contributed by atoms with E-state index in [9.17, 15) is 9.59 Å². The molecule has 2 aliphatic heterocycles. The SMILES string of the molecule is O=C(NC1CC1)c1ccc(N2[C@@H]3CC[C@H]2C[C@@H](NC(=O)C2(Oc4ccc(Cl)cc4)CC2)C3)nc1. The number of aromatic nitrogens is 1. The average Bonchev–Trinajstić information content (AvgIpc) is 3.76. The topological polar surface area (TPSA) is 83.6 Å². The quantitative estimate of drug-likeness (QED) is 0.628. The molecule has 0 radical (unpaired) electrons. The second-order valence-corrected chi connectivity index (χ2v) is 10.6. The van der Waals surface area contributed by atoms with Gasteiger partial charge in [0.1, 0.15) is 11.6 Å². The van der Waals surface area contributed by atoms with Gasteiger partial charge in [0, 0.05) is 48.2 Å². The number of fused-ring (bicyclic) bond motifs is 2. The van der Waals surface area contributed by atoms with Crippen LogP contribution >= 0.6 is 11.6 Å². The molecule has 4 fully saturated rings. The van der Waals surface area contributed by atoms with E-state index in [-0.39, 0.29) is 17.9 Å². The summed E-state index contributed by atoms with van der Waals surface area (Å²) in [5.41, 5.74) is -0.136. The standard InChI is InChI=1S/C26H29ClN4O3/c27-17-2-8-22(9-3-17)34-26(11-12-26)25(33)30-19-13-20-6-7-21(14-19)31(20)23-10-1-16(15-28-23)24(32)29-18-4-5-18/h1-3,8-10,15,18-21H,4-7,11-14H2,(H,29,32)(H,30,33)/t19-,20+,21-. The van der Waals surface area contributed by atoms with Crippen molar-refractivity contribution >= 4 is 29.2 Å². The molecule has 2 aromatic rings. The van der Waals surface area contributed by atoms with Crippen molar-refractivity contribution in [3.8, 4) is 5.75 Å². The normalized spacial score (nSPS) is 26.6. The Morgan fingerprint density at radius 1 is 0.941 bits per heavy atom. The number of carbonyl (C=O) groups is 2. The van der Waals surface area contributed by atoms with Crippen LogP contribution in [-0.4, -0.2) is 46.6 Å². The molecule has 2 bridgehead atoms. The molecule has 1 aromatic carbocycles. The van der Waals surface area contributed by atoms with Crippen molar-refractivity contribution in [1.29, 1.82) is 0 Å². The number of nitrogens with one attached hydrogen (secondary N) is 2. The van der Waals surface area contributed by atoms with Crippen molar-refractivity contribution in [2.24, 2.45) is 0 Å². The molecule has 34 heavy (non-hydrogen) atoms. The molecule has 2 saturated carbocycles. The summed E-state index contributed by atoms with van der Waals surface area (Å²) in [6, 6.07) is 12.2. The second kappa shape index (κ2) is 8.45. The number of amides is 2.